The highest BCUT2D eigenvalue weighted by Crippen LogP contribution is 2.38. The third-order valence-electron chi connectivity index (χ3n) is 5.13. The summed E-state index contributed by atoms with van der Waals surface area (Å²) < 4.78 is 0. The van der Waals surface area contributed by atoms with Gasteiger partial charge in [0.25, 0.3) is 5.91 Å². The first-order valence-electron chi connectivity index (χ1n) is 9.01. The molecular weight excluding hydrogens is 370 g/mol. The second kappa shape index (κ2) is 9.11. The number of likely N-dealkylation sites (tertiary alicyclic amines) is 1. The van der Waals surface area contributed by atoms with E-state index in [2.05, 4.69) is 5.32 Å². The average Bonchev–Trinajstić information content (AvgIpc) is 3.14. The molecule has 2 amide bonds. The molecule has 2 fully saturated rings. The summed E-state index contributed by atoms with van der Waals surface area (Å²) in [4.78, 5) is 27.7. The zero-order valence-electron chi connectivity index (χ0n) is 15.3. The van der Waals surface area contributed by atoms with E-state index in [9.17, 15) is 9.59 Å². The second-order valence-electron chi connectivity index (χ2n) is 7.38. The Bertz CT molecular complexity index is 655. The number of carbonyl (C=O) groups is 2. The van der Waals surface area contributed by atoms with Crippen LogP contribution in [0.1, 0.15) is 37.0 Å². The number of fused-ring (bicyclic) bond motifs is 1. The predicted molar refractivity (Wildman–Crippen MR) is 108 cm³/mol. The molecule has 0 spiro atoms. The summed E-state index contributed by atoms with van der Waals surface area (Å²) >= 11 is 1.42. The van der Waals surface area contributed by atoms with Crippen molar-refractivity contribution in [3.63, 3.8) is 0 Å². The van der Waals surface area contributed by atoms with Gasteiger partial charge in [-0.1, -0.05) is 12.1 Å². The quantitative estimate of drug-likeness (QED) is 0.748. The van der Waals surface area contributed by atoms with Gasteiger partial charge in [0.15, 0.2) is 0 Å². The van der Waals surface area contributed by atoms with E-state index < -0.39 is 0 Å². The summed E-state index contributed by atoms with van der Waals surface area (Å²) in [5, 5.41) is 2.88. The molecule has 1 heterocycles. The van der Waals surface area contributed by atoms with E-state index in [-0.39, 0.29) is 36.3 Å². The maximum absolute atomic E-state index is 13.0. The van der Waals surface area contributed by atoms with Gasteiger partial charge in [-0.3, -0.25) is 9.59 Å². The molecule has 0 radical (unpaired) electrons. The van der Waals surface area contributed by atoms with Gasteiger partial charge in [0.1, 0.15) is 0 Å². The van der Waals surface area contributed by atoms with Gasteiger partial charge in [-0.2, -0.15) is 0 Å². The van der Waals surface area contributed by atoms with Crippen molar-refractivity contribution >= 4 is 36.0 Å². The molecule has 1 aromatic rings. The zero-order valence-corrected chi connectivity index (χ0v) is 16.9. The fraction of sp³-hybridized carbons (Fsp3) is 0.579. The number of nitrogens with zero attached hydrogens (tertiary/aromatic N) is 1. The van der Waals surface area contributed by atoms with Crippen molar-refractivity contribution in [3.05, 3.63) is 29.8 Å². The minimum absolute atomic E-state index is 0. The van der Waals surface area contributed by atoms with E-state index in [0.29, 0.717) is 23.2 Å². The van der Waals surface area contributed by atoms with Crippen molar-refractivity contribution in [2.45, 2.75) is 43.7 Å². The second-order valence-corrected chi connectivity index (χ2v) is 8.40. The maximum Gasteiger partial charge on any atom is 0.255 e. The van der Waals surface area contributed by atoms with E-state index in [0.717, 1.165) is 30.8 Å². The topological polar surface area (TPSA) is 75.4 Å². The number of nitrogens with one attached hydrogen (secondary N) is 1. The first-order valence-corrected chi connectivity index (χ1v) is 10.00. The van der Waals surface area contributed by atoms with Crippen LogP contribution in [-0.4, -0.2) is 47.6 Å². The molecule has 1 saturated heterocycles. The Hall–Kier alpha value is -1.24. The predicted octanol–water partition coefficient (Wildman–Crippen LogP) is 2.53. The Morgan fingerprint density at radius 1 is 1.27 bits per heavy atom. The molecule has 3 atom stereocenters. The lowest BCUT2D eigenvalue weighted by Crippen LogP contribution is -2.34. The van der Waals surface area contributed by atoms with Crippen molar-refractivity contribution in [1.82, 2.24) is 10.2 Å². The standard InChI is InChI=1S/C19H27N3O2S.ClH/c1-12(2)21-18(23)11-25-17-6-4-3-5-14(17)19(24)22-9-13-7-8-16(20)15(13)10-22;/h3-6,12-13,15-16H,7-11,20H2,1-2H3,(H,21,23);1H. The number of amides is 2. The Labute approximate surface area is 165 Å². The zero-order chi connectivity index (χ0) is 18.0. The van der Waals surface area contributed by atoms with Crippen LogP contribution in [0.5, 0.6) is 0 Å². The summed E-state index contributed by atoms with van der Waals surface area (Å²) in [6.07, 6.45) is 2.20. The van der Waals surface area contributed by atoms with Gasteiger partial charge in [-0.25, -0.2) is 0 Å². The van der Waals surface area contributed by atoms with Gasteiger partial charge in [-0.15, -0.1) is 24.2 Å². The number of hydrogen-bond donors (Lipinski definition) is 2. The van der Waals surface area contributed by atoms with Crippen LogP contribution in [0.25, 0.3) is 0 Å². The molecular formula is C19H28ClN3O2S. The molecule has 0 bridgehead atoms. The van der Waals surface area contributed by atoms with Crippen LogP contribution >= 0.6 is 24.2 Å². The molecule has 3 unspecified atom stereocenters. The van der Waals surface area contributed by atoms with Crippen molar-refractivity contribution < 1.29 is 9.59 Å². The van der Waals surface area contributed by atoms with Gasteiger partial charge >= 0.3 is 0 Å². The van der Waals surface area contributed by atoms with Crippen LogP contribution in [0.15, 0.2) is 29.2 Å². The monoisotopic (exact) mass is 397 g/mol. The Morgan fingerprint density at radius 2 is 2.00 bits per heavy atom. The lowest BCUT2D eigenvalue weighted by Gasteiger charge is -2.20. The highest BCUT2D eigenvalue weighted by molar-refractivity contribution is 8.00. The largest absolute Gasteiger partial charge is 0.353 e. The number of benzene rings is 1. The van der Waals surface area contributed by atoms with Crippen LogP contribution in [0, 0.1) is 11.8 Å². The molecule has 1 saturated carbocycles. The fourth-order valence-electron chi connectivity index (χ4n) is 3.92. The highest BCUT2D eigenvalue weighted by atomic mass is 35.5. The minimum Gasteiger partial charge on any atom is -0.353 e. The van der Waals surface area contributed by atoms with Crippen LogP contribution in [0.2, 0.25) is 0 Å². The SMILES string of the molecule is CC(C)NC(=O)CSc1ccccc1C(=O)N1CC2CCC(N)C2C1.Cl. The van der Waals surface area contributed by atoms with Gasteiger partial charge < -0.3 is 16.0 Å². The van der Waals surface area contributed by atoms with Crippen LogP contribution in [-0.2, 0) is 4.79 Å². The van der Waals surface area contributed by atoms with Crippen molar-refractivity contribution in [1.29, 1.82) is 0 Å². The molecule has 1 aliphatic heterocycles. The van der Waals surface area contributed by atoms with E-state index >= 15 is 0 Å². The van der Waals surface area contributed by atoms with Crippen LogP contribution in [0.3, 0.4) is 0 Å². The smallest absolute Gasteiger partial charge is 0.255 e. The van der Waals surface area contributed by atoms with E-state index in [4.69, 9.17) is 5.73 Å². The number of hydrogen-bond acceptors (Lipinski definition) is 4. The Kier molecular flexibility index (Phi) is 7.38. The molecule has 5 nitrogen and oxygen atoms in total. The molecule has 26 heavy (non-hydrogen) atoms. The van der Waals surface area contributed by atoms with Crippen molar-refractivity contribution in [3.8, 4) is 0 Å². The maximum atomic E-state index is 13.0. The van der Waals surface area contributed by atoms with Crippen molar-refractivity contribution in [2.75, 3.05) is 18.8 Å². The summed E-state index contributed by atoms with van der Waals surface area (Å²) in [6.45, 7) is 5.45. The molecule has 0 aromatic heterocycles. The Morgan fingerprint density at radius 3 is 2.69 bits per heavy atom. The van der Waals surface area contributed by atoms with E-state index in [1.54, 1.807) is 0 Å². The van der Waals surface area contributed by atoms with Crippen LogP contribution < -0.4 is 11.1 Å². The number of thioether (sulfide) groups is 1. The number of halogens is 1. The Balaban J connectivity index is 0.00000243. The van der Waals surface area contributed by atoms with Gasteiger partial charge in [0, 0.05) is 30.1 Å². The molecule has 7 heteroatoms. The van der Waals surface area contributed by atoms with Crippen molar-refractivity contribution in [2.24, 2.45) is 17.6 Å². The van der Waals surface area contributed by atoms with Gasteiger partial charge in [0.2, 0.25) is 5.91 Å². The van der Waals surface area contributed by atoms with Gasteiger partial charge in [-0.05, 0) is 50.7 Å². The molecule has 144 valence electrons. The summed E-state index contributed by atoms with van der Waals surface area (Å²) in [7, 11) is 0. The third kappa shape index (κ3) is 4.72. The molecule has 1 aromatic carbocycles. The van der Waals surface area contributed by atoms with Gasteiger partial charge in [0.05, 0.1) is 11.3 Å². The normalized spacial score (nSPS) is 24.3. The van der Waals surface area contributed by atoms with E-state index in [1.165, 1.54) is 11.8 Å². The van der Waals surface area contributed by atoms with Crippen LogP contribution in [0.4, 0.5) is 0 Å². The number of nitrogens with two attached hydrogens (primary N) is 1. The molecule has 2 aliphatic rings. The summed E-state index contributed by atoms with van der Waals surface area (Å²) in [5.41, 5.74) is 6.88. The lowest BCUT2D eigenvalue weighted by atomic mass is 9.98. The number of carbonyl (C=O) groups excluding carboxylic acids is 2. The fourth-order valence-corrected chi connectivity index (χ4v) is 4.78. The average molecular weight is 398 g/mol. The molecule has 3 rings (SSSR count). The summed E-state index contributed by atoms with van der Waals surface area (Å²) in [5.74, 6) is 1.37. The first-order chi connectivity index (χ1) is 12.0. The van der Waals surface area contributed by atoms with E-state index in [1.807, 2.05) is 43.0 Å². The summed E-state index contributed by atoms with van der Waals surface area (Å²) in [6, 6.07) is 7.93. The highest BCUT2D eigenvalue weighted by Gasteiger charge is 2.42. The first kappa shape index (κ1) is 21.1. The molecule has 3 N–H and O–H groups in total. The molecule has 1 aliphatic carbocycles. The minimum atomic E-state index is -0.0102. The number of rotatable bonds is 5. The third-order valence-corrected chi connectivity index (χ3v) is 6.20. The lowest BCUT2D eigenvalue weighted by molar-refractivity contribution is -0.119.